The Kier molecular flexibility index (Phi) is 3.73. The molecule has 0 fully saturated rings. The van der Waals surface area contributed by atoms with Gasteiger partial charge in [-0.3, -0.25) is 4.79 Å². The fraction of sp³-hybridized carbons (Fsp3) is 0.167. The minimum Gasteiger partial charge on any atom is -0.491 e. The summed E-state index contributed by atoms with van der Waals surface area (Å²) in [7, 11) is 0. The van der Waals surface area contributed by atoms with Crippen molar-refractivity contribution in [2.24, 2.45) is 0 Å². The molecule has 0 radical (unpaired) electrons. The van der Waals surface area contributed by atoms with Crippen molar-refractivity contribution in [3.8, 4) is 5.75 Å². The summed E-state index contributed by atoms with van der Waals surface area (Å²) >= 11 is 0. The van der Waals surface area contributed by atoms with Crippen LogP contribution in [0.25, 0.3) is 10.8 Å². The van der Waals surface area contributed by atoms with Crippen LogP contribution >= 0.6 is 0 Å². The molecule has 3 nitrogen and oxygen atoms in total. The van der Waals surface area contributed by atoms with Crippen LogP contribution in [0.2, 0.25) is 0 Å². The van der Waals surface area contributed by atoms with Crippen LogP contribution < -0.4 is 10.3 Å². The van der Waals surface area contributed by atoms with Gasteiger partial charge in [0.2, 0.25) is 0 Å². The Labute approximate surface area is 123 Å². The van der Waals surface area contributed by atoms with Crippen LogP contribution in [0.5, 0.6) is 5.75 Å². The molecule has 3 rings (SSSR count). The molecule has 0 bridgehead atoms. The number of benzene rings is 2. The van der Waals surface area contributed by atoms with E-state index in [1.54, 1.807) is 10.8 Å². The van der Waals surface area contributed by atoms with E-state index in [0.717, 1.165) is 22.1 Å². The number of hydrogen-bond acceptors (Lipinski definition) is 2. The molecule has 1 heterocycles. The Bertz CT molecular complexity index is 815. The second-order valence-corrected chi connectivity index (χ2v) is 5.02. The summed E-state index contributed by atoms with van der Waals surface area (Å²) in [6, 6.07) is 17.8. The number of nitrogens with zero attached hydrogens (tertiary/aromatic N) is 1. The molecule has 3 heteroatoms. The van der Waals surface area contributed by atoms with Crippen LogP contribution in [0.4, 0.5) is 0 Å². The number of hydrogen-bond donors (Lipinski definition) is 0. The number of pyridine rings is 1. The fourth-order valence-corrected chi connectivity index (χ4v) is 2.41. The minimum atomic E-state index is 0.0408. The predicted molar refractivity (Wildman–Crippen MR) is 84.9 cm³/mol. The van der Waals surface area contributed by atoms with Gasteiger partial charge in [0.25, 0.3) is 5.56 Å². The third-order valence-electron chi connectivity index (χ3n) is 3.55. The molecule has 0 unspecified atom stereocenters. The van der Waals surface area contributed by atoms with Gasteiger partial charge in [0.1, 0.15) is 12.4 Å². The van der Waals surface area contributed by atoms with E-state index in [1.807, 2.05) is 49.4 Å². The largest absolute Gasteiger partial charge is 0.491 e. The van der Waals surface area contributed by atoms with Crippen molar-refractivity contribution in [1.82, 2.24) is 4.57 Å². The molecule has 0 aliphatic heterocycles. The topological polar surface area (TPSA) is 31.2 Å². The van der Waals surface area contributed by atoms with Crippen molar-refractivity contribution < 1.29 is 4.74 Å². The predicted octanol–water partition coefficient (Wildman–Crippen LogP) is 3.39. The highest BCUT2D eigenvalue weighted by atomic mass is 16.5. The first-order chi connectivity index (χ1) is 10.3. The number of rotatable bonds is 4. The molecular formula is C18H17NO2. The molecule has 1 aromatic heterocycles. The van der Waals surface area contributed by atoms with Gasteiger partial charge in [0.05, 0.1) is 6.54 Å². The van der Waals surface area contributed by atoms with Gasteiger partial charge in [-0.2, -0.15) is 0 Å². The van der Waals surface area contributed by atoms with Crippen molar-refractivity contribution in [3.63, 3.8) is 0 Å². The lowest BCUT2D eigenvalue weighted by molar-refractivity contribution is 0.299. The molecule has 0 amide bonds. The Morgan fingerprint density at radius 3 is 2.71 bits per heavy atom. The van der Waals surface area contributed by atoms with E-state index in [9.17, 15) is 4.79 Å². The van der Waals surface area contributed by atoms with Crippen molar-refractivity contribution >= 4 is 10.8 Å². The maximum absolute atomic E-state index is 11.9. The van der Waals surface area contributed by atoms with E-state index in [0.29, 0.717) is 13.2 Å². The Hall–Kier alpha value is -2.55. The third-order valence-corrected chi connectivity index (χ3v) is 3.55. The summed E-state index contributed by atoms with van der Waals surface area (Å²) in [5, 5.41) is 2.25. The second-order valence-electron chi connectivity index (χ2n) is 5.02. The molecule has 106 valence electrons. The highest BCUT2D eigenvalue weighted by Crippen LogP contribution is 2.24. The molecule has 0 N–H and O–H groups in total. The number of ether oxygens (including phenoxy) is 1. The van der Waals surface area contributed by atoms with Gasteiger partial charge in [-0.05, 0) is 24.4 Å². The summed E-state index contributed by atoms with van der Waals surface area (Å²) in [4.78, 5) is 11.9. The van der Waals surface area contributed by atoms with Gasteiger partial charge in [0.15, 0.2) is 0 Å². The van der Waals surface area contributed by atoms with Crippen LogP contribution in [0.15, 0.2) is 65.6 Å². The first-order valence-electron chi connectivity index (χ1n) is 7.02. The van der Waals surface area contributed by atoms with Crippen molar-refractivity contribution in [1.29, 1.82) is 0 Å². The lowest BCUT2D eigenvalue weighted by atomic mass is 10.1. The van der Waals surface area contributed by atoms with Gasteiger partial charge in [-0.1, -0.05) is 42.5 Å². The molecule has 0 aliphatic rings. The molecule has 3 aromatic rings. The second kappa shape index (κ2) is 5.83. The van der Waals surface area contributed by atoms with Crippen LogP contribution in [-0.4, -0.2) is 11.2 Å². The van der Waals surface area contributed by atoms with Crippen molar-refractivity contribution in [2.75, 3.05) is 6.61 Å². The monoisotopic (exact) mass is 279 g/mol. The zero-order valence-corrected chi connectivity index (χ0v) is 12.0. The average Bonchev–Trinajstić information content (AvgIpc) is 2.52. The molecule has 0 atom stereocenters. The van der Waals surface area contributed by atoms with Gasteiger partial charge in [0, 0.05) is 17.1 Å². The van der Waals surface area contributed by atoms with E-state index in [4.69, 9.17) is 4.74 Å². The van der Waals surface area contributed by atoms with Gasteiger partial charge in [-0.25, -0.2) is 0 Å². The van der Waals surface area contributed by atoms with Crippen molar-refractivity contribution in [3.05, 3.63) is 76.7 Å². The molecule has 21 heavy (non-hydrogen) atoms. The van der Waals surface area contributed by atoms with Crippen molar-refractivity contribution in [2.45, 2.75) is 13.5 Å². The van der Waals surface area contributed by atoms with Crippen LogP contribution in [-0.2, 0) is 6.54 Å². The van der Waals surface area contributed by atoms with E-state index < -0.39 is 0 Å². The minimum absolute atomic E-state index is 0.0408. The Morgan fingerprint density at radius 1 is 1.00 bits per heavy atom. The fourth-order valence-electron chi connectivity index (χ4n) is 2.41. The average molecular weight is 279 g/mol. The molecular weight excluding hydrogens is 262 g/mol. The Morgan fingerprint density at radius 2 is 1.81 bits per heavy atom. The molecule has 0 spiro atoms. The highest BCUT2D eigenvalue weighted by molar-refractivity contribution is 5.88. The molecule has 0 aliphatic carbocycles. The smallest absolute Gasteiger partial charge is 0.253 e. The lowest BCUT2D eigenvalue weighted by Crippen LogP contribution is -2.23. The standard InChI is InChI=1S/C18H17NO2/c1-14-6-5-11-19(18(14)20)12-13-21-17-10-4-8-15-7-2-3-9-16(15)17/h2-11H,12-13H2,1H3. The summed E-state index contributed by atoms with van der Waals surface area (Å²) in [5.41, 5.74) is 0.793. The first-order valence-corrected chi connectivity index (χ1v) is 7.02. The number of fused-ring (bicyclic) bond motifs is 1. The van der Waals surface area contributed by atoms with Gasteiger partial charge < -0.3 is 9.30 Å². The molecule has 0 saturated heterocycles. The summed E-state index contributed by atoms with van der Waals surface area (Å²) in [6.07, 6.45) is 1.79. The number of aryl methyl sites for hydroxylation is 1. The van der Waals surface area contributed by atoms with Crippen LogP contribution in [0.1, 0.15) is 5.56 Å². The maximum Gasteiger partial charge on any atom is 0.253 e. The molecule has 2 aromatic carbocycles. The van der Waals surface area contributed by atoms with E-state index >= 15 is 0 Å². The van der Waals surface area contributed by atoms with Gasteiger partial charge in [-0.15, -0.1) is 0 Å². The maximum atomic E-state index is 11.9. The summed E-state index contributed by atoms with van der Waals surface area (Å²) < 4.78 is 7.54. The van der Waals surface area contributed by atoms with Crippen LogP contribution in [0.3, 0.4) is 0 Å². The molecule has 0 saturated carbocycles. The van der Waals surface area contributed by atoms with E-state index in [2.05, 4.69) is 12.1 Å². The Balaban J connectivity index is 1.75. The highest BCUT2D eigenvalue weighted by Gasteiger charge is 2.02. The SMILES string of the molecule is Cc1cccn(CCOc2cccc3ccccc23)c1=O. The van der Waals surface area contributed by atoms with E-state index in [1.165, 1.54) is 0 Å². The quantitative estimate of drug-likeness (QED) is 0.733. The first kappa shape index (κ1) is 13.4. The van der Waals surface area contributed by atoms with E-state index in [-0.39, 0.29) is 5.56 Å². The van der Waals surface area contributed by atoms with Gasteiger partial charge >= 0.3 is 0 Å². The normalized spacial score (nSPS) is 10.7. The summed E-state index contributed by atoms with van der Waals surface area (Å²) in [6.45, 7) is 2.84. The number of aromatic nitrogens is 1. The summed E-state index contributed by atoms with van der Waals surface area (Å²) in [5.74, 6) is 0.855. The van der Waals surface area contributed by atoms with Crippen LogP contribution in [0, 0.1) is 6.92 Å². The third kappa shape index (κ3) is 2.82. The zero-order chi connectivity index (χ0) is 14.7. The lowest BCUT2D eigenvalue weighted by Gasteiger charge is -2.11. The zero-order valence-electron chi connectivity index (χ0n) is 12.0.